The van der Waals surface area contributed by atoms with E-state index in [1.165, 1.54) is 11.8 Å². The van der Waals surface area contributed by atoms with Crippen LogP contribution in [0.15, 0.2) is 24.4 Å². The molecular weight excluding hydrogens is 262 g/mol. The first-order valence-electron chi connectivity index (χ1n) is 6.04. The summed E-state index contributed by atoms with van der Waals surface area (Å²) in [6, 6.07) is 6.10. The third-order valence-electron chi connectivity index (χ3n) is 2.82. The highest BCUT2D eigenvalue weighted by atomic mass is 35.5. The van der Waals surface area contributed by atoms with Gasteiger partial charge in [-0.1, -0.05) is 37.6 Å². The zero-order chi connectivity index (χ0) is 14.0. The molecule has 2 aromatic rings. The van der Waals surface area contributed by atoms with Gasteiger partial charge in [0.05, 0.1) is 6.20 Å². The van der Waals surface area contributed by atoms with E-state index in [-0.39, 0.29) is 11.8 Å². The minimum Gasteiger partial charge on any atom is -0.437 e. The lowest BCUT2D eigenvalue weighted by Gasteiger charge is -2.12. The number of halogens is 1. The first kappa shape index (κ1) is 13.6. The summed E-state index contributed by atoms with van der Waals surface area (Å²) in [5, 5.41) is 0.337. The molecule has 5 heteroatoms. The number of aryl methyl sites for hydroxylation is 1. The smallest absolute Gasteiger partial charge is 0.243 e. The van der Waals surface area contributed by atoms with Crippen LogP contribution in [0.1, 0.15) is 30.9 Å². The molecular formula is C14H16ClN3O. The molecule has 2 N–H and O–H groups in total. The van der Waals surface area contributed by atoms with Crippen LogP contribution in [0.2, 0.25) is 5.02 Å². The normalized spacial score (nSPS) is 10.8. The molecule has 19 heavy (non-hydrogen) atoms. The van der Waals surface area contributed by atoms with E-state index in [0.29, 0.717) is 10.9 Å². The third kappa shape index (κ3) is 3.15. The van der Waals surface area contributed by atoms with E-state index in [9.17, 15) is 0 Å². The highest BCUT2D eigenvalue weighted by Gasteiger charge is 2.10. The molecule has 0 aliphatic carbocycles. The molecule has 0 spiro atoms. The monoisotopic (exact) mass is 277 g/mol. The number of nitrogens with zero attached hydrogens (tertiary/aromatic N) is 2. The van der Waals surface area contributed by atoms with Gasteiger partial charge in [0.25, 0.3) is 0 Å². The molecule has 0 saturated carbocycles. The lowest BCUT2D eigenvalue weighted by Crippen LogP contribution is -1.99. The second kappa shape index (κ2) is 5.45. The van der Waals surface area contributed by atoms with Gasteiger partial charge in [-0.25, -0.2) is 4.98 Å². The molecule has 0 radical (unpaired) electrons. The number of ether oxygens (including phenoxy) is 1. The number of benzene rings is 1. The van der Waals surface area contributed by atoms with Crippen LogP contribution in [0.3, 0.4) is 0 Å². The standard InChI is InChI=1S/C14H16ClN3O/c1-8(2)10-5-4-9(3)12(6-10)19-13-11(15)7-17-14(16)18-13/h4-8H,1-3H3,(H2,16,17,18). The van der Waals surface area contributed by atoms with Crippen LogP contribution < -0.4 is 10.5 Å². The SMILES string of the molecule is Cc1ccc(C(C)C)cc1Oc1nc(N)ncc1Cl. The fourth-order valence-corrected chi connectivity index (χ4v) is 1.76. The van der Waals surface area contributed by atoms with Crippen molar-refractivity contribution in [3.63, 3.8) is 0 Å². The maximum Gasteiger partial charge on any atom is 0.243 e. The summed E-state index contributed by atoms with van der Waals surface area (Å²) in [6.07, 6.45) is 1.43. The number of nitrogens with two attached hydrogens (primary N) is 1. The molecule has 0 aliphatic heterocycles. The highest BCUT2D eigenvalue weighted by molar-refractivity contribution is 6.31. The average Bonchev–Trinajstić information content (AvgIpc) is 2.36. The van der Waals surface area contributed by atoms with Gasteiger partial charge in [0.15, 0.2) is 0 Å². The van der Waals surface area contributed by atoms with E-state index in [1.54, 1.807) is 0 Å². The first-order chi connectivity index (χ1) is 8.97. The van der Waals surface area contributed by atoms with E-state index in [1.807, 2.05) is 19.1 Å². The van der Waals surface area contributed by atoms with Crippen LogP contribution in [0.5, 0.6) is 11.6 Å². The van der Waals surface area contributed by atoms with Crippen LogP contribution in [0.25, 0.3) is 0 Å². The first-order valence-corrected chi connectivity index (χ1v) is 6.41. The quantitative estimate of drug-likeness (QED) is 0.923. The lowest BCUT2D eigenvalue weighted by atomic mass is 10.0. The Morgan fingerprint density at radius 3 is 2.74 bits per heavy atom. The van der Waals surface area contributed by atoms with Gasteiger partial charge in [0, 0.05) is 0 Å². The Bertz CT molecular complexity index is 599. The number of hydrogen-bond acceptors (Lipinski definition) is 4. The summed E-state index contributed by atoms with van der Waals surface area (Å²) < 4.78 is 5.75. The van der Waals surface area contributed by atoms with Crippen LogP contribution in [0.4, 0.5) is 5.95 Å². The van der Waals surface area contributed by atoms with Crippen molar-refractivity contribution in [1.29, 1.82) is 0 Å². The Morgan fingerprint density at radius 2 is 2.05 bits per heavy atom. The Balaban J connectivity index is 2.37. The predicted octanol–water partition coefficient (Wildman–Crippen LogP) is 3.94. The maximum absolute atomic E-state index is 6.00. The second-order valence-corrected chi connectivity index (χ2v) is 5.07. The Kier molecular flexibility index (Phi) is 3.90. The zero-order valence-corrected chi connectivity index (χ0v) is 11.9. The molecule has 1 heterocycles. The van der Waals surface area contributed by atoms with Gasteiger partial charge in [0.1, 0.15) is 10.8 Å². The van der Waals surface area contributed by atoms with Crippen molar-refractivity contribution < 1.29 is 4.74 Å². The summed E-state index contributed by atoms with van der Waals surface area (Å²) in [7, 11) is 0. The van der Waals surface area contributed by atoms with Crippen molar-refractivity contribution in [3.8, 4) is 11.6 Å². The number of hydrogen-bond donors (Lipinski definition) is 1. The molecule has 1 aromatic heterocycles. The minimum absolute atomic E-state index is 0.136. The molecule has 0 atom stereocenters. The Labute approximate surface area is 117 Å². The van der Waals surface area contributed by atoms with Crippen LogP contribution in [-0.4, -0.2) is 9.97 Å². The van der Waals surface area contributed by atoms with E-state index >= 15 is 0 Å². The summed E-state index contributed by atoms with van der Waals surface area (Å²) >= 11 is 6.00. The second-order valence-electron chi connectivity index (χ2n) is 4.66. The number of rotatable bonds is 3. The fraction of sp³-hybridized carbons (Fsp3) is 0.286. The van der Waals surface area contributed by atoms with Gasteiger partial charge in [-0.15, -0.1) is 0 Å². The van der Waals surface area contributed by atoms with Crippen molar-refractivity contribution in [3.05, 3.63) is 40.5 Å². The molecule has 0 amide bonds. The molecule has 0 aliphatic rings. The molecule has 2 rings (SSSR count). The lowest BCUT2D eigenvalue weighted by molar-refractivity contribution is 0.458. The van der Waals surface area contributed by atoms with Crippen molar-refractivity contribution in [2.75, 3.05) is 5.73 Å². The number of anilines is 1. The minimum atomic E-state index is 0.136. The predicted molar refractivity (Wildman–Crippen MR) is 76.8 cm³/mol. The van der Waals surface area contributed by atoms with E-state index in [0.717, 1.165) is 11.3 Å². The van der Waals surface area contributed by atoms with E-state index in [4.69, 9.17) is 22.1 Å². The van der Waals surface area contributed by atoms with Crippen molar-refractivity contribution in [1.82, 2.24) is 9.97 Å². The zero-order valence-electron chi connectivity index (χ0n) is 11.1. The average molecular weight is 278 g/mol. The number of nitrogen functional groups attached to an aromatic ring is 1. The van der Waals surface area contributed by atoms with Crippen LogP contribution in [-0.2, 0) is 0 Å². The molecule has 0 saturated heterocycles. The topological polar surface area (TPSA) is 61.0 Å². The summed E-state index contributed by atoms with van der Waals surface area (Å²) in [6.45, 7) is 6.23. The van der Waals surface area contributed by atoms with Crippen LogP contribution >= 0.6 is 11.6 Å². The molecule has 0 unspecified atom stereocenters. The van der Waals surface area contributed by atoms with Gasteiger partial charge in [0.2, 0.25) is 11.8 Å². The molecule has 0 fully saturated rings. The highest BCUT2D eigenvalue weighted by Crippen LogP contribution is 2.31. The molecule has 0 bridgehead atoms. The van der Waals surface area contributed by atoms with Gasteiger partial charge >= 0.3 is 0 Å². The fourth-order valence-electron chi connectivity index (χ4n) is 1.63. The number of aromatic nitrogens is 2. The Hall–Kier alpha value is -1.81. The molecule has 1 aromatic carbocycles. The van der Waals surface area contributed by atoms with Gasteiger partial charge in [-0.2, -0.15) is 4.98 Å². The van der Waals surface area contributed by atoms with Crippen molar-refractivity contribution >= 4 is 17.5 Å². The van der Waals surface area contributed by atoms with Crippen molar-refractivity contribution in [2.24, 2.45) is 0 Å². The van der Waals surface area contributed by atoms with Gasteiger partial charge < -0.3 is 10.5 Å². The van der Waals surface area contributed by atoms with Crippen molar-refractivity contribution in [2.45, 2.75) is 26.7 Å². The summed E-state index contributed by atoms with van der Waals surface area (Å²) in [5.74, 6) is 1.57. The van der Waals surface area contributed by atoms with Gasteiger partial charge in [-0.3, -0.25) is 0 Å². The van der Waals surface area contributed by atoms with E-state index < -0.39 is 0 Å². The maximum atomic E-state index is 6.00. The third-order valence-corrected chi connectivity index (χ3v) is 3.08. The molecule has 100 valence electrons. The van der Waals surface area contributed by atoms with E-state index in [2.05, 4.69) is 29.9 Å². The molecule has 4 nitrogen and oxygen atoms in total. The van der Waals surface area contributed by atoms with Gasteiger partial charge in [-0.05, 0) is 30.0 Å². The summed E-state index contributed by atoms with van der Waals surface area (Å²) in [4.78, 5) is 7.80. The largest absolute Gasteiger partial charge is 0.437 e. The Morgan fingerprint density at radius 1 is 1.32 bits per heavy atom. The summed E-state index contributed by atoms with van der Waals surface area (Å²) in [5.41, 5.74) is 7.74. The van der Waals surface area contributed by atoms with Crippen LogP contribution in [0, 0.1) is 6.92 Å².